The summed E-state index contributed by atoms with van der Waals surface area (Å²) in [5.41, 5.74) is 1.90. The normalized spacial score (nSPS) is 20.3. The Morgan fingerprint density at radius 3 is 3.05 bits per heavy atom. The lowest BCUT2D eigenvalue weighted by Gasteiger charge is -2.30. The van der Waals surface area contributed by atoms with E-state index in [0.29, 0.717) is 5.92 Å². The van der Waals surface area contributed by atoms with Gasteiger partial charge in [0.15, 0.2) is 5.65 Å². The van der Waals surface area contributed by atoms with Crippen LogP contribution < -0.4 is 0 Å². The van der Waals surface area contributed by atoms with Crippen LogP contribution >= 0.6 is 0 Å². The highest BCUT2D eigenvalue weighted by Gasteiger charge is 2.24. The number of para-hydroxylation sites is 1. The van der Waals surface area contributed by atoms with E-state index in [1.54, 1.807) is 0 Å². The first-order chi connectivity index (χ1) is 10.4. The van der Waals surface area contributed by atoms with Crippen molar-refractivity contribution >= 4 is 16.6 Å². The molecule has 2 aromatic heterocycles. The SMILES string of the molecule is CCN1CCCC(c2nnc3c4ccccc4ncn23)C1. The maximum atomic E-state index is 4.55. The van der Waals surface area contributed by atoms with Gasteiger partial charge >= 0.3 is 0 Å². The largest absolute Gasteiger partial charge is 0.303 e. The van der Waals surface area contributed by atoms with E-state index in [2.05, 4.69) is 37.5 Å². The Labute approximate surface area is 123 Å². The average Bonchev–Trinajstić information content (AvgIpc) is 2.99. The van der Waals surface area contributed by atoms with Crippen LogP contribution in [0.4, 0.5) is 0 Å². The van der Waals surface area contributed by atoms with Crippen LogP contribution in [0.15, 0.2) is 30.6 Å². The number of rotatable bonds is 2. The Bertz CT molecular complexity index is 779. The number of benzene rings is 1. The Morgan fingerprint density at radius 1 is 1.24 bits per heavy atom. The van der Waals surface area contributed by atoms with Gasteiger partial charge in [0.25, 0.3) is 0 Å². The van der Waals surface area contributed by atoms with Crippen LogP contribution in [0.3, 0.4) is 0 Å². The van der Waals surface area contributed by atoms with Crippen molar-refractivity contribution in [3.05, 3.63) is 36.4 Å². The summed E-state index contributed by atoms with van der Waals surface area (Å²) in [6, 6.07) is 8.11. The number of likely N-dealkylation sites (tertiary alicyclic amines) is 1. The molecule has 1 aromatic carbocycles. The second-order valence-corrected chi connectivity index (χ2v) is 5.75. The summed E-state index contributed by atoms with van der Waals surface area (Å²) in [4.78, 5) is 7.04. The number of hydrogen-bond acceptors (Lipinski definition) is 4. The third kappa shape index (κ3) is 2.08. The maximum absolute atomic E-state index is 4.55. The van der Waals surface area contributed by atoms with Gasteiger partial charge in [-0.2, -0.15) is 0 Å². The molecule has 0 N–H and O–H groups in total. The summed E-state index contributed by atoms with van der Waals surface area (Å²) in [6.45, 7) is 5.60. The summed E-state index contributed by atoms with van der Waals surface area (Å²) in [6.07, 6.45) is 4.29. The smallest absolute Gasteiger partial charge is 0.171 e. The molecule has 3 heterocycles. The summed E-state index contributed by atoms with van der Waals surface area (Å²) >= 11 is 0. The van der Waals surface area contributed by atoms with Crippen molar-refractivity contribution in [2.24, 2.45) is 0 Å². The molecule has 1 aliphatic rings. The highest BCUT2D eigenvalue weighted by Crippen LogP contribution is 2.27. The minimum absolute atomic E-state index is 0.455. The minimum Gasteiger partial charge on any atom is -0.303 e. The van der Waals surface area contributed by atoms with Gasteiger partial charge in [0, 0.05) is 17.8 Å². The Balaban J connectivity index is 1.81. The van der Waals surface area contributed by atoms with Crippen molar-refractivity contribution in [1.29, 1.82) is 0 Å². The molecule has 1 aliphatic heterocycles. The molecule has 0 aliphatic carbocycles. The molecule has 3 aromatic rings. The predicted octanol–water partition coefficient (Wildman–Crippen LogP) is 2.48. The van der Waals surface area contributed by atoms with E-state index in [4.69, 9.17) is 0 Å². The quantitative estimate of drug-likeness (QED) is 0.724. The number of piperidine rings is 1. The van der Waals surface area contributed by atoms with Crippen molar-refractivity contribution in [3.63, 3.8) is 0 Å². The van der Waals surface area contributed by atoms with Gasteiger partial charge in [-0.05, 0) is 38.1 Å². The summed E-state index contributed by atoms with van der Waals surface area (Å²) in [7, 11) is 0. The molecule has 0 saturated carbocycles. The monoisotopic (exact) mass is 281 g/mol. The van der Waals surface area contributed by atoms with Crippen molar-refractivity contribution in [3.8, 4) is 0 Å². The van der Waals surface area contributed by atoms with Gasteiger partial charge in [-0.3, -0.25) is 4.40 Å². The molecule has 1 saturated heterocycles. The number of fused-ring (bicyclic) bond motifs is 3. The van der Waals surface area contributed by atoms with Gasteiger partial charge < -0.3 is 4.90 Å². The highest BCUT2D eigenvalue weighted by molar-refractivity contribution is 5.90. The minimum atomic E-state index is 0.455. The fraction of sp³-hybridized carbons (Fsp3) is 0.438. The maximum Gasteiger partial charge on any atom is 0.171 e. The number of nitrogens with zero attached hydrogens (tertiary/aromatic N) is 5. The third-order valence-electron chi connectivity index (χ3n) is 4.50. The lowest BCUT2D eigenvalue weighted by atomic mass is 9.97. The second kappa shape index (κ2) is 5.07. The fourth-order valence-electron chi connectivity index (χ4n) is 3.33. The van der Waals surface area contributed by atoms with E-state index >= 15 is 0 Å². The summed E-state index contributed by atoms with van der Waals surface area (Å²) in [5, 5.41) is 9.98. The number of aromatic nitrogens is 4. The van der Waals surface area contributed by atoms with Gasteiger partial charge in [0.1, 0.15) is 12.2 Å². The van der Waals surface area contributed by atoms with Gasteiger partial charge in [0.05, 0.1) is 5.52 Å². The number of hydrogen-bond donors (Lipinski definition) is 0. The molecule has 0 bridgehead atoms. The molecule has 1 unspecified atom stereocenters. The van der Waals surface area contributed by atoms with Gasteiger partial charge in [0.2, 0.25) is 0 Å². The number of likely N-dealkylation sites (N-methyl/N-ethyl adjacent to an activating group) is 1. The van der Waals surface area contributed by atoms with E-state index in [0.717, 1.165) is 35.5 Å². The molecule has 4 rings (SSSR count). The van der Waals surface area contributed by atoms with E-state index in [-0.39, 0.29) is 0 Å². The van der Waals surface area contributed by atoms with E-state index in [9.17, 15) is 0 Å². The Kier molecular flexibility index (Phi) is 3.07. The molecule has 21 heavy (non-hydrogen) atoms. The molecule has 1 atom stereocenters. The van der Waals surface area contributed by atoms with Crippen molar-refractivity contribution in [1.82, 2.24) is 24.5 Å². The van der Waals surface area contributed by atoms with Crippen molar-refractivity contribution in [2.45, 2.75) is 25.7 Å². The van der Waals surface area contributed by atoms with Crippen LogP contribution in [0.5, 0.6) is 0 Å². The van der Waals surface area contributed by atoms with Gasteiger partial charge in [-0.15, -0.1) is 10.2 Å². The molecule has 0 radical (unpaired) electrons. The van der Waals surface area contributed by atoms with E-state index < -0.39 is 0 Å². The fourth-order valence-corrected chi connectivity index (χ4v) is 3.33. The zero-order valence-electron chi connectivity index (χ0n) is 12.2. The Hall–Kier alpha value is -2.01. The van der Waals surface area contributed by atoms with Crippen molar-refractivity contribution < 1.29 is 0 Å². The molecule has 0 spiro atoms. The first-order valence-corrected chi connectivity index (χ1v) is 7.67. The molecule has 5 nitrogen and oxygen atoms in total. The lowest BCUT2D eigenvalue weighted by Crippen LogP contribution is -2.34. The average molecular weight is 281 g/mol. The van der Waals surface area contributed by atoms with Crippen LogP contribution in [0, 0.1) is 0 Å². The van der Waals surface area contributed by atoms with Crippen molar-refractivity contribution in [2.75, 3.05) is 19.6 Å². The van der Waals surface area contributed by atoms with Crippen LogP contribution in [0.1, 0.15) is 31.5 Å². The molecule has 108 valence electrons. The molecule has 5 heteroatoms. The Morgan fingerprint density at radius 2 is 2.14 bits per heavy atom. The highest BCUT2D eigenvalue weighted by atomic mass is 15.3. The first kappa shape index (κ1) is 12.7. The molecule has 1 fully saturated rings. The molecular weight excluding hydrogens is 262 g/mol. The van der Waals surface area contributed by atoms with Gasteiger partial charge in [-0.1, -0.05) is 19.1 Å². The second-order valence-electron chi connectivity index (χ2n) is 5.75. The lowest BCUT2D eigenvalue weighted by molar-refractivity contribution is 0.213. The predicted molar refractivity (Wildman–Crippen MR) is 82.4 cm³/mol. The standard InChI is InChI=1S/C16H19N5/c1-2-20-9-5-6-12(10-20)15-18-19-16-13-7-3-4-8-14(13)17-11-21(15)16/h3-4,7-8,11-12H,2,5-6,9-10H2,1H3. The summed E-state index contributed by atoms with van der Waals surface area (Å²) in [5.74, 6) is 1.51. The third-order valence-corrected chi connectivity index (χ3v) is 4.50. The zero-order chi connectivity index (χ0) is 14.2. The molecular formula is C16H19N5. The van der Waals surface area contributed by atoms with Crippen LogP contribution in [-0.4, -0.2) is 44.1 Å². The van der Waals surface area contributed by atoms with Crippen LogP contribution in [0.25, 0.3) is 16.6 Å². The van der Waals surface area contributed by atoms with E-state index in [1.165, 1.54) is 19.4 Å². The van der Waals surface area contributed by atoms with Crippen LogP contribution in [0.2, 0.25) is 0 Å². The van der Waals surface area contributed by atoms with E-state index in [1.807, 2.05) is 24.5 Å². The summed E-state index contributed by atoms with van der Waals surface area (Å²) < 4.78 is 2.08. The zero-order valence-corrected chi connectivity index (χ0v) is 12.2. The van der Waals surface area contributed by atoms with Gasteiger partial charge in [-0.25, -0.2) is 4.98 Å². The van der Waals surface area contributed by atoms with Crippen LogP contribution in [-0.2, 0) is 0 Å². The topological polar surface area (TPSA) is 46.3 Å². The first-order valence-electron chi connectivity index (χ1n) is 7.67. The molecule has 0 amide bonds.